The average Bonchev–Trinajstić information content (AvgIpc) is 2.65. The number of aliphatic hydroxyl groups is 1. The van der Waals surface area contributed by atoms with Crippen LogP contribution < -0.4 is 14.2 Å². The van der Waals surface area contributed by atoms with Crippen LogP contribution in [0.2, 0.25) is 0 Å². The van der Waals surface area contributed by atoms with Gasteiger partial charge in [-0.3, -0.25) is 0 Å². The van der Waals surface area contributed by atoms with Gasteiger partial charge in [-0.05, 0) is 34.5 Å². The van der Waals surface area contributed by atoms with Crippen molar-refractivity contribution in [1.82, 2.24) is 0 Å². The Morgan fingerprint density at radius 1 is 0.750 bits per heavy atom. The van der Waals surface area contributed by atoms with E-state index in [0.29, 0.717) is 22.8 Å². The van der Waals surface area contributed by atoms with Gasteiger partial charge >= 0.3 is 0 Å². The SMILES string of the molecule is COc1ccc(C(O)c2ccc3ccccc3c2)c(OC)c1OC. The monoisotopic (exact) mass is 324 g/mol. The van der Waals surface area contributed by atoms with E-state index in [4.69, 9.17) is 14.2 Å². The fourth-order valence-corrected chi connectivity index (χ4v) is 2.90. The molecule has 0 heterocycles. The lowest BCUT2D eigenvalue weighted by Crippen LogP contribution is -2.05. The molecule has 3 rings (SSSR count). The highest BCUT2D eigenvalue weighted by Gasteiger charge is 2.22. The van der Waals surface area contributed by atoms with Gasteiger partial charge in [0.1, 0.15) is 6.10 Å². The number of ether oxygens (including phenoxy) is 3. The maximum Gasteiger partial charge on any atom is 0.203 e. The van der Waals surface area contributed by atoms with Crippen molar-refractivity contribution in [3.63, 3.8) is 0 Å². The van der Waals surface area contributed by atoms with E-state index in [-0.39, 0.29) is 0 Å². The highest BCUT2D eigenvalue weighted by molar-refractivity contribution is 5.83. The van der Waals surface area contributed by atoms with Crippen molar-refractivity contribution >= 4 is 10.8 Å². The van der Waals surface area contributed by atoms with E-state index in [9.17, 15) is 5.11 Å². The zero-order valence-electron chi connectivity index (χ0n) is 13.9. The topological polar surface area (TPSA) is 47.9 Å². The van der Waals surface area contributed by atoms with Gasteiger partial charge in [-0.25, -0.2) is 0 Å². The second kappa shape index (κ2) is 6.81. The minimum atomic E-state index is -0.829. The minimum Gasteiger partial charge on any atom is -0.493 e. The molecule has 4 nitrogen and oxygen atoms in total. The number of rotatable bonds is 5. The first kappa shape index (κ1) is 16.1. The molecule has 0 bridgehead atoms. The summed E-state index contributed by atoms with van der Waals surface area (Å²) in [5.74, 6) is 1.50. The average molecular weight is 324 g/mol. The zero-order chi connectivity index (χ0) is 17.1. The van der Waals surface area contributed by atoms with Crippen molar-refractivity contribution in [2.75, 3.05) is 21.3 Å². The largest absolute Gasteiger partial charge is 0.493 e. The summed E-state index contributed by atoms with van der Waals surface area (Å²) >= 11 is 0. The van der Waals surface area contributed by atoms with Crippen LogP contribution in [0.1, 0.15) is 17.2 Å². The Morgan fingerprint density at radius 2 is 1.46 bits per heavy atom. The molecule has 0 aromatic heterocycles. The maximum absolute atomic E-state index is 10.9. The molecule has 1 unspecified atom stereocenters. The highest BCUT2D eigenvalue weighted by atomic mass is 16.5. The first-order valence-corrected chi connectivity index (χ1v) is 7.65. The molecule has 0 aliphatic carbocycles. The zero-order valence-corrected chi connectivity index (χ0v) is 13.9. The van der Waals surface area contributed by atoms with E-state index in [1.165, 1.54) is 0 Å². The third kappa shape index (κ3) is 2.76. The molecule has 124 valence electrons. The molecule has 0 saturated heterocycles. The summed E-state index contributed by atoms with van der Waals surface area (Å²) in [6, 6.07) is 17.5. The van der Waals surface area contributed by atoms with Gasteiger partial charge in [-0.2, -0.15) is 0 Å². The fraction of sp³-hybridized carbons (Fsp3) is 0.200. The Bertz CT molecular complexity index is 857. The van der Waals surface area contributed by atoms with Crippen LogP contribution in [-0.2, 0) is 0 Å². The Kier molecular flexibility index (Phi) is 4.58. The van der Waals surface area contributed by atoms with E-state index >= 15 is 0 Å². The van der Waals surface area contributed by atoms with E-state index in [1.54, 1.807) is 33.5 Å². The summed E-state index contributed by atoms with van der Waals surface area (Å²) in [6.45, 7) is 0. The van der Waals surface area contributed by atoms with E-state index < -0.39 is 6.10 Å². The van der Waals surface area contributed by atoms with Crippen molar-refractivity contribution in [3.05, 3.63) is 65.7 Å². The van der Waals surface area contributed by atoms with Crippen LogP contribution in [0, 0.1) is 0 Å². The molecule has 0 radical (unpaired) electrons. The van der Waals surface area contributed by atoms with Gasteiger partial charge in [0, 0.05) is 5.56 Å². The first-order valence-electron chi connectivity index (χ1n) is 7.65. The Labute approximate surface area is 141 Å². The van der Waals surface area contributed by atoms with Crippen molar-refractivity contribution in [2.24, 2.45) is 0 Å². The van der Waals surface area contributed by atoms with Gasteiger partial charge in [0.15, 0.2) is 11.5 Å². The van der Waals surface area contributed by atoms with Crippen LogP contribution in [0.25, 0.3) is 10.8 Å². The summed E-state index contributed by atoms with van der Waals surface area (Å²) in [5.41, 5.74) is 1.42. The molecular weight excluding hydrogens is 304 g/mol. The van der Waals surface area contributed by atoms with Crippen LogP contribution in [0.3, 0.4) is 0 Å². The predicted octanol–water partition coefficient (Wildman–Crippen LogP) is 3.95. The van der Waals surface area contributed by atoms with Gasteiger partial charge in [0.05, 0.1) is 21.3 Å². The second-order valence-corrected chi connectivity index (χ2v) is 5.43. The van der Waals surface area contributed by atoms with Crippen molar-refractivity contribution in [2.45, 2.75) is 6.10 Å². The minimum absolute atomic E-state index is 0.470. The lowest BCUT2D eigenvalue weighted by molar-refractivity contribution is 0.212. The van der Waals surface area contributed by atoms with Crippen molar-refractivity contribution in [3.8, 4) is 17.2 Å². The molecule has 24 heavy (non-hydrogen) atoms. The van der Waals surface area contributed by atoms with Gasteiger partial charge < -0.3 is 19.3 Å². The second-order valence-electron chi connectivity index (χ2n) is 5.43. The number of hydrogen-bond acceptors (Lipinski definition) is 4. The summed E-state index contributed by atoms with van der Waals surface area (Å²) in [5, 5.41) is 13.1. The molecule has 0 saturated carbocycles. The van der Waals surface area contributed by atoms with Crippen molar-refractivity contribution in [1.29, 1.82) is 0 Å². The standard InChI is InChI=1S/C20H20O4/c1-22-17-11-10-16(19(23-2)20(17)24-3)18(21)15-9-8-13-6-4-5-7-14(13)12-15/h4-12,18,21H,1-3H3. The maximum atomic E-state index is 10.9. The molecule has 0 fully saturated rings. The number of methoxy groups -OCH3 is 3. The molecule has 0 spiro atoms. The highest BCUT2D eigenvalue weighted by Crippen LogP contribution is 2.43. The lowest BCUT2D eigenvalue weighted by Gasteiger charge is -2.19. The van der Waals surface area contributed by atoms with Gasteiger partial charge in [0.25, 0.3) is 0 Å². The number of aliphatic hydroxyl groups excluding tert-OH is 1. The lowest BCUT2D eigenvalue weighted by atomic mass is 9.97. The van der Waals surface area contributed by atoms with Crippen LogP contribution in [0.4, 0.5) is 0 Å². The van der Waals surface area contributed by atoms with Crippen LogP contribution >= 0.6 is 0 Å². The fourth-order valence-electron chi connectivity index (χ4n) is 2.90. The molecule has 1 atom stereocenters. The summed E-state index contributed by atoms with van der Waals surface area (Å²) in [7, 11) is 4.66. The molecule has 0 aliphatic heterocycles. The third-order valence-corrected chi connectivity index (χ3v) is 4.12. The Balaban J connectivity index is 2.09. The summed E-state index contributed by atoms with van der Waals surface area (Å²) in [4.78, 5) is 0. The number of fused-ring (bicyclic) bond motifs is 1. The molecule has 0 amide bonds. The normalized spacial score (nSPS) is 12.0. The predicted molar refractivity (Wildman–Crippen MR) is 94.1 cm³/mol. The number of hydrogen-bond donors (Lipinski definition) is 1. The molecular formula is C20H20O4. The quantitative estimate of drug-likeness (QED) is 0.772. The molecule has 0 aliphatic rings. The van der Waals surface area contributed by atoms with E-state index in [1.807, 2.05) is 42.5 Å². The van der Waals surface area contributed by atoms with Crippen LogP contribution in [-0.4, -0.2) is 26.4 Å². The van der Waals surface area contributed by atoms with Gasteiger partial charge in [-0.1, -0.05) is 36.4 Å². The molecule has 1 N–H and O–H groups in total. The molecule has 3 aromatic carbocycles. The summed E-state index contributed by atoms with van der Waals surface area (Å²) < 4.78 is 16.2. The van der Waals surface area contributed by atoms with E-state index in [0.717, 1.165) is 16.3 Å². The van der Waals surface area contributed by atoms with E-state index in [2.05, 4.69) is 0 Å². The third-order valence-electron chi connectivity index (χ3n) is 4.12. The van der Waals surface area contributed by atoms with Gasteiger partial charge in [-0.15, -0.1) is 0 Å². The van der Waals surface area contributed by atoms with Crippen LogP contribution in [0.15, 0.2) is 54.6 Å². The molecule has 3 aromatic rings. The van der Waals surface area contributed by atoms with Crippen molar-refractivity contribution < 1.29 is 19.3 Å². The Hall–Kier alpha value is -2.72. The van der Waals surface area contributed by atoms with Gasteiger partial charge in [0.2, 0.25) is 5.75 Å². The molecule has 4 heteroatoms. The summed E-state index contributed by atoms with van der Waals surface area (Å²) in [6.07, 6.45) is -0.829. The smallest absolute Gasteiger partial charge is 0.203 e. The first-order chi connectivity index (χ1) is 11.7. The Morgan fingerprint density at radius 3 is 2.12 bits per heavy atom. The van der Waals surface area contributed by atoms with Crippen LogP contribution in [0.5, 0.6) is 17.2 Å². The number of benzene rings is 3.